The van der Waals surface area contributed by atoms with Crippen LogP contribution in [-0.4, -0.2) is 28.8 Å². The molecule has 0 bridgehead atoms. The largest absolute Gasteiger partial charge is 0.573 e. The number of alkyl halides is 3. The van der Waals surface area contributed by atoms with Crippen molar-refractivity contribution in [3.8, 4) is 17.0 Å². The number of anilines is 1. The zero-order chi connectivity index (χ0) is 23.1. The van der Waals surface area contributed by atoms with Gasteiger partial charge in [-0.3, -0.25) is 4.98 Å². The van der Waals surface area contributed by atoms with Crippen LogP contribution < -0.4 is 10.1 Å². The summed E-state index contributed by atoms with van der Waals surface area (Å²) in [6.45, 7) is 2.71. The second kappa shape index (κ2) is 10.1. The second-order valence-corrected chi connectivity index (χ2v) is 6.99. The van der Waals surface area contributed by atoms with Crippen LogP contribution in [0.3, 0.4) is 0 Å². The monoisotopic (exact) mass is 447 g/mol. The molecule has 1 aromatic heterocycles. The Labute approximate surface area is 182 Å². The zero-order valence-corrected chi connectivity index (χ0v) is 17.2. The van der Waals surface area contributed by atoms with E-state index in [0.717, 1.165) is 29.5 Å². The number of carbonyl (C=O) groups is 1. The molecule has 0 aliphatic rings. The molecule has 3 aromatic rings. The minimum Gasteiger partial charge on any atom is -0.406 e. The van der Waals surface area contributed by atoms with Gasteiger partial charge in [-0.15, -0.1) is 13.2 Å². The third-order valence-electron chi connectivity index (χ3n) is 4.44. The smallest absolute Gasteiger partial charge is 0.406 e. The van der Waals surface area contributed by atoms with Gasteiger partial charge in [-0.1, -0.05) is 25.1 Å². The van der Waals surface area contributed by atoms with E-state index in [1.165, 1.54) is 18.2 Å². The van der Waals surface area contributed by atoms with Crippen LogP contribution in [0.25, 0.3) is 11.3 Å². The fraction of sp³-hybridized carbons (Fsp3) is 0.217. The van der Waals surface area contributed by atoms with Gasteiger partial charge in [-0.05, 0) is 54.4 Å². The average Bonchev–Trinajstić information content (AvgIpc) is 2.74. The maximum atomic E-state index is 13.1. The Morgan fingerprint density at radius 1 is 1.09 bits per heavy atom. The Bertz CT molecular complexity index is 1040. The molecule has 168 valence electrons. The van der Waals surface area contributed by atoms with Gasteiger partial charge in [0.05, 0.1) is 11.9 Å². The number of amides is 2. The van der Waals surface area contributed by atoms with Crippen LogP contribution >= 0.6 is 0 Å². The first-order valence-corrected chi connectivity index (χ1v) is 9.86. The number of hydrogen-bond acceptors (Lipinski definition) is 3. The van der Waals surface area contributed by atoms with E-state index in [9.17, 15) is 22.4 Å². The van der Waals surface area contributed by atoms with Crippen LogP contribution in [0.1, 0.15) is 18.9 Å². The Morgan fingerprint density at radius 2 is 1.84 bits per heavy atom. The molecule has 0 saturated heterocycles. The molecule has 3 rings (SSSR count). The number of nitrogens with zero attached hydrogens (tertiary/aromatic N) is 2. The van der Waals surface area contributed by atoms with Gasteiger partial charge in [-0.25, -0.2) is 9.18 Å². The number of nitrogens with one attached hydrogen (secondary N) is 1. The van der Waals surface area contributed by atoms with E-state index in [1.54, 1.807) is 11.0 Å². The van der Waals surface area contributed by atoms with Crippen LogP contribution in [0.15, 0.2) is 66.9 Å². The van der Waals surface area contributed by atoms with Gasteiger partial charge in [0.15, 0.2) is 0 Å². The second-order valence-electron chi connectivity index (χ2n) is 6.99. The SMILES string of the molecule is CCCN(Cc1cccc(-c2ccc(F)cn2)c1)C(=O)Nc1ccc(OC(F)(F)F)cc1. The number of hydrogen-bond donors (Lipinski definition) is 1. The lowest BCUT2D eigenvalue weighted by molar-refractivity contribution is -0.274. The molecule has 1 heterocycles. The Morgan fingerprint density at radius 3 is 2.47 bits per heavy atom. The fourth-order valence-electron chi connectivity index (χ4n) is 3.06. The molecule has 0 aliphatic heterocycles. The van der Waals surface area contributed by atoms with Crippen molar-refractivity contribution in [3.63, 3.8) is 0 Å². The highest BCUT2D eigenvalue weighted by Gasteiger charge is 2.31. The molecular formula is C23H21F4N3O2. The van der Waals surface area contributed by atoms with Crippen molar-refractivity contribution in [1.82, 2.24) is 9.88 Å². The van der Waals surface area contributed by atoms with Crippen LogP contribution in [0.2, 0.25) is 0 Å². The summed E-state index contributed by atoms with van der Waals surface area (Å²) in [5.74, 6) is -0.791. The Kier molecular flexibility index (Phi) is 7.29. The topological polar surface area (TPSA) is 54.5 Å². The minimum atomic E-state index is -4.78. The average molecular weight is 447 g/mol. The number of halogens is 4. The van der Waals surface area contributed by atoms with Crippen molar-refractivity contribution in [1.29, 1.82) is 0 Å². The maximum Gasteiger partial charge on any atom is 0.573 e. The van der Waals surface area contributed by atoms with Crippen molar-refractivity contribution < 1.29 is 27.1 Å². The molecule has 0 unspecified atom stereocenters. The molecule has 32 heavy (non-hydrogen) atoms. The van der Waals surface area contributed by atoms with E-state index in [1.807, 2.05) is 31.2 Å². The van der Waals surface area contributed by atoms with Crippen molar-refractivity contribution in [3.05, 3.63) is 78.2 Å². The summed E-state index contributed by atoms with van der Waals surface area (Å²) in [7, 11) is 0. The fourth-order valence-corrected chi connectivity index (χ4v) is 3.06. The van der Waals surface area contributed by atoms with Gasteiger partial charge in [0.1, 0.15) is 11.6 Å². The first kappa shape index (κ1) is 23.1. The highest BCUT2D eigenvalue weighted by Crippen LogP contribution is 2.24. The predicted molar refractivity (Wildman–Crippen MR) is 112 cm³/mol. The molecule has 1 N–H and O–H groups in total. The van der Waals surface area contributed by atoms with Crippen molar-refractivity contribution in [2.45, 2.75) is 26.3 Å². The first-order chi connectivity index (χ1) is 15.2. The molecule has 0 saturated carbocycles. The third kappa shape index (κ3) is 6.69. The molecule has 0 spiro atoms. The van der Waals surface area contributed by atoms with Crippen LogP contribution in [-0.2, 0) is 6.54 Å². The molecule has 0 fully saturated rings. The third-order valence-corrected chi connectivity index (χ3v) is 4.44. The lowest BCUT2D eigenvalue weighted by Crippen LogP contribution is -2.35. The molecule has 2 amide bonds. The van der Waals surface area contributed by atoms with Crippen LogP contribution in [0.4, 0.5) is 28.0 Å². The highest BCUT2D eigenvalue weighted by molar-refractivity contribution is 5.89. The number of aromatic nitrogens is 1. The number of ether oxygens (including phenoxy) is 1. The molecule has 2 aromatic carbocycles. The molecule has 0 atom stereocenters. The zero-order valence-electron chi connectivity index (χ0n) is 17.2. The van der Waals surface area contributed by atoms with Gasteiger partial charge < -0.3 is 15.0 Å². The standard InChI is InChI=1S/C23H21F4N3O2/c1-2-12-30(22(31)29-19-7-9-20(10-8-19)32-23(25,26)27)15-16-4-3-5-17(13-16)21-11-6-18(24)14-28-21/h3-11,13-14H,2,12,15H2,1H3,(H,29,31). The highest BCUT2D eigenvalue weighted by atomic mass is 19.4. The van der Waals surface area contributed by atoms with Gasteiger partial charge >= 0.3 is 12.4 Å². The molecule has 5 nitrogen and oxygen atoms in total. The Balaban J connectivity index is 1.69. The van der Waals surface area contributed by atoms with E-state index in [-0.39, 0.29) is 11.8 Å². The number of urea groups is 1. The van der Waals surface area contributed by atoms with Crippen molar-refractivity contribution in [2.24, 2.45) is 0 Å². The van der Waals surface area contributed by atoms with Gasteiger partial charge in [0.25, 0.3) is 0 Å². The van der Waals surface area contributed by atoms with E-state index < -0.39 is 12.2 Å². The summed E-state index contributed by atoms with van der Waals surface area (Å²) < 4.78 is 53.8. The van der Waals surface area contributed by atoms with Gasteiger partial charge in [-0.2, -0.15) is 0 Å². The van der Waals surface area contributed by atoms with E-state index >= 15 is 0 Å². The van der Waals surface area contributed by atoms with Crippen LogP contribution in [0.5, 0.6) is 5.75 Å². The van der Waals surface area contributed by atoms with E-state index in [2.05, 4.69) is 15.0 Å². The number of benzene rings is 2. The van der Waals surface area contributed by atoms with Gasteiger partial charge in [0, 0.05) is 24.3 Å². The van der Waals surface area contributed by atoms with E-state index in [0.29, 0.717) is 30.9 Å². The normalized spacial score (nSPS) is 11.2. The number of rotatable bonds is 7. The van der Waals surface area contributed by atoms with Crippen molar-refractivity contribution in [2.75, 3.05) is 11.9 Å². The predicted octanol–water partition coefficient (Wildman–Crippen LogP) is 6.23. The molecule has 9 heteroatoms. The summed E-state index contributed by atoms with van der Waals surface area (Å²) in [6, 6.07) is 14.9. The quantitative estimate of drug-likeness (QED) is 0.437. The van der Waals surface area contributed by atoms with E-state index in [4.69, 9.17) is 0 Å². The molecular weight excluding hydrogens is 426 g/mol. The Hall–Kier alpha value is -3.62. The minimum absolute atomic E-state index is 0.310. The van der Waals surface area contributed by atoms with Crippen LogP contribution in [0, 0.1) is 5.82 Å². The maximum absolute atomic E-state index is 13.1. The summed E-state index contributed by atoms with van der Waals surface area (Å²) in [6.07, 6.45) is -2.92. The molecule has 0 radical (unpaired) electrons. The van der Waals surface area contributed by atoms with Gasteiger partial charge in [0.2, 0.25) is 0 Å². The summed E-state index contributed by atoms with van der Waals surface area (Å²) in [4.78, 5) is 18.4. The van der Waals surface area contributed by atoms with Crippen molar-refractivity contribution >= 4 is 11.7 Å². The number of carbonyl (C=O) groups excluding carboxylic acids is 1. The first-order valence-electron chi connectivity index (χ1n) is 9.86. The summed E-state index contributed by atoms with van der Waals surface area (Å²) >= 11 is 0. The number of pyridine rings is 1. The summed E-state index contributed by atoms with van der Waals surface area (Å²) in [5, 5.41) is 2.69. The summed E-state index contributed by atoms with van der Waals surface area (Å²) in [5.41, 5.74) is 2.60. The lowest BCUT2D eigenvalue weighted by atomic mass is 10.1. The molecule has 0 aliphatic carbocycles. The lowest BCUT2D eigenvalue weighted by Gasteiger charge is -2.23.